The molecule has 8 nitrogen and oxygen atoms in total. The highest BCUT2D eigenvalue weighted by molar-refractivity contribution is 5.83. The van der Waals surface area contributed by atoms with Crippen LogP contribution in [0.15, 0.2) is 36.7 Å². The van der Waals surface area contributed by atoms with E-state index in [2.05, 4.69) is 20.7 Å². The summed E-state index contributed by atoms with van der Waals surface area (Å²) < 4.78 is 7.15. The number of aromatic nitrogens is 4. The molecule has 0 bridgehead atoms. The Morgan fingerprint density at radius 1 is 1.15 bits per heavy atom. The molecule has 144 valence electrons. The van der Waals surface area contributed by atoms with Crippen molar-refractivity contribution in [1.82, 2.24) is 19.7 Å². The predicted octanol–water partition coefficient (Wildman–Crippen LogP) is 1.45. The Bertz CT molecular complexity index is 882. The van der Waals surface area contributed by atoms with Crippen molar-refractivity contribution in [3.05, 3.63) is 42.2 Å². The van der Waals surface area contributed by atoms with Crippen LogP contribution in [0.4, 0.5) is 5.82 Å². The summed E-state index contributed by atoms with van der Waals surface area (Å²) >= 11 is 0. The van der Waals surface area contributed by atoms with Crippen molar-refractivity contribution in [3.8, 4) is 5.82 Å². The lowest BCUT2D eigenvalue weighted by Gasteiger charge is -2.29. The average Bonchev–Trinajstić information content (AvgIpc) is 3.13. The molecule has 1 fully saturated rings. The molecule has 0 amide bonds. The fourth-order valence-electron chi connectivity index (χ4n) is 3.09. The van der Waals surface area contributed by atoms with Crippen LogP contribution in [0, 0.1) is 0 Å². The van der Waals surface area contributed by atoms with E-state index in [1.807, 2.05) is 24.3 Å². The molecule has 3 aromatic heterocycles. The normalized spacial score (nSPS) is 14.8. The van der Waals surface area contributed by atoms with E-state index in [9.17, 15) is 5.11 Å². The number of morpholine rings is 1. The molecule has 8 heteroatoms. The Labute approximate surface area is 158 Å². The number of hydrogen-bond donors (Lipinski definition) is 2. The molecule has 1 aliphatic heterocycles. The lowest BCUT2D eigenvalue weighted by atomic mass is 9.96. The maximum absolute atomic E-state index is 10.7. The molecule has 0 radical (unpaired) electrons. The number of fused-ring (bicyclic) bond motifs is 1. The van der Waals surface area contributed by atoms with Gasteiger partial charge in [-0.1, -0.05) is 6.07 Å². The third kappa shape index (κ3) is 3.92. The van der Waals surface area contributed by atoms with E-state index >= 15 is 0 Å². The summed E-state index contributed by atoms with van der Waals surface area (Å²) in [7, 11) is 1.50. The van der Waals surface area contributed by atoms with E-state index in [1.54, 1.807) is 30.9 Å². The summed E-state index contributed by atoms with van der Waals surface area (Å²) in [4.78, 5) is 11.4. The molecule has 0 unspecified atom stereocenters. The smallest absolute Gasteiger partial charge is 0.167 e. The first-order valence-corrected chi connectivity index (χ1v) is 8.97. The standard InChI is InChI=1S/C18H21N5O2.CH5N/c1-18(2,24)14-11-16(22-7-9-25-10-8-22)21-17-13(14)12-20-23(17)15-5-3-4-6-19-15;1-2/h3-6,11-12,24H,7-10H2,1-2H3;2H2,1H3. The minimum absolute atomic E-state index is 0.678. The number of anilines is 1. The number of hydrogen-bond acceptors (Lipinski definition) is 7. The van der Waals surface area contributed by atoms with Crippen LogP contribution in [0.5, 0.6) is 0 Å². The molecular weight excluding hydrogens is 344 g/mol. The number of ether oxygens (including phenoxy) is 1. The molecule has 0 aliphatic carbocycles. The minimum Gasteiger partial charge on any atom is -0.386 e. The lowest BCUT2D eigenvalue weighted by Crippen LogP contribution is -2.37. The second-order valence-corrected chi connectivity index (χ2v) is 6.67. The van der Waals surface area contributed by atoms with Crippen LogP contribution in [-0.2, 0) is 10.3 Å². The fraction of sp³-hybridized carbons (Fsp3) is 0.421. The fourth-order valence-corrected chi connectivity index (χ4v) is 3.09. The Hall–Kier alpha value is -2.55. The van der Waals surface area contributed by atoms with Gasteiger partial charge in [0.2, 0.25) is 0 Å². The summed E-state index contributed by atoms with van der Waals surface area (Å²) in [5.41, 5.74) is 5.00. The first kappa shape index (κ1) is 19.2. The Morgan fingerprint density at radius 3 is 2.52 bits per heavy atom. The van der Waals surface area contributed by atoms with Gasteiger partial charge in [-0.15, -0.1) is 0 Å². The summed E-state index contributed by atoms with van der Waals surface area (Å²) in [6.07, 6.45) is 3.47. The van der Waals surface area contributed by atoms with Crippen LogP contribution in [0.3, 0.4) is 0 Å². The minimum atomic E-state index is -1.000. The van der Waals surface area contributed by atoms with Crippen molar-refractivity contribution in [2.75, 3.05) is 38.3 Å². The lowest BCUT2D eigenvalue weighted by molar-refractivity contribution is 0.0801. The van der Waals surface area contributed by atoms with E-state index in [-0.39, 0.29) is 0 Å². The zero-order valence-electron chi connectivity index (χ0n) is 16.0. The van der Waals surface area contributed by atoms with E-state index < -0.39 is 5.60 Å². The molecule has 1 aliphatic rings. The largest absolute Gasteiger partial charge is 0.386 e. The van der Waals surface area contributed by atoms with Crippen LogP contribution < -0.4 is 10.6 Å². The van der Waals surface area contributed by atoms with Gasteiger partial charge in [0.05, 0.1) is 25.0 Å². The zero-order chi connectivity index (χ0) is 19.4. The summed E-state index contributed by atoms with van der Waals surface area (Å²) in [5.74, 6) is 1.52. The van der Waals surface area contributed by atoms with Gasteiger partial charge >= 0.3 is 0 Å². The molecule has 0 spiro atoms. The van der Waals surface area contributed by atoms with Crippen LogP contribution in [0.2, 0.25) is 0 Å². The van der Waals surface area contributed by atoms with Gasteiger partial charge in [0.1, 0.15) is 5.82 Å². The van der Waals surface area contributed by atoms with Gasteiger partial charge in [-0.3, -0.25) is 0 Å². The van der Waals surface area contributed by atoms with Crippen molar-refractivity contribution in [1.29, 1.82) is 0 Å². The number of nitrogens with zero attached hydrogens (tertiary/aromatic N) is 5. The van der Waals surface area contributed by atoms with Crippen LogP contribution in [0.25, 0.3) is 16.9 Å². The van der Waals surface area contributed by atoms with Crippen LogP contribution in [-0.4, -0.2) is 58.2 Å². The Morgan fingerprint density at radius 2 is 1.89 bits per heavy atom. The van der Waals surface area contributed by atoms with Gasteiger partial charge in [0, 0.05) is 24.7 Å². The Kier molecular flexibility index (Phi) is 5.69. The van der Waals surface area contributed by atoms with Gasteiger partial charge < -0.3 is 20.5 Å². The third-order valence-electron chi connectivity index (χ3n) is 4.39. The second-order valence-electron chi connectivity index (χ2n) is 6.67. The molecule has 3 aromatic rings. The molecule has 27 heavy (non-hydrogen) atoms. The zero-order valence-corrected chi connectivity index (χ0v) is 16.0. The van der Waals surface area contributed by atoms with Crippen LogP contribution >= 0.6 is 0 Å². The molecule has 4 heterocycles. The maximum atomic E-state index is 10.7. The van der Waals surface area contributed by atoms with E-state index in [0.717, 1.165) is 29.9 Å². The van der Waals surface area contributed by atoms with Crippen molar-refractivity contribution >= 4 is 16.9 Å². The summed E-state index contributed by atoms with van der Waals surface area (Å²) in [6, 6.07) is 7.62. The molecule has 3 N–H and O–H groups in total. The highest BCUT2D eigenvalue weighted by Gasteiger charge is 2.25. The number of pyridine rings is 2. The number of aliphatic hydroxyl groups is 1. The second kappa shape index (κ2) is 7.99. The highest BCUT2D eigenvalue weighted by Crippen LogP contribution is 2.32. The van der Waals surface area contributed by atoms with E-state index in [4.69, 9.17) is 9.72 Å². The van der Waals surface area contributed by atoms with Gasteiger partial charge in [0.15, 0.2) is 11.5 Å². The van der Waals surface area contributed by atoms with Crippen molar-refractivity contribution in [3.63, 3.8) is 0 Å². The van der Waals surface area contributed by atoms with Crippen molar-refractivity contribution in [2.45, 2.75) is 19.4 Å². The molecule has 4 rings (SSSR count). The first-order valence-electron chi connectivity index (χ1n) is 8.97. The van der Waals surface area contributed by atoms with Gasteiger partial charge in [-0.2, -0.15) is 9.78 Å². The van der Waals surface area contributed by atoms with Crippen molar-refractivity contribution < 1.29 is 9.84 Å². The van der Waals surface area contributed by atoms with Gasteiger partial charge in [-0.25, -0.2) is 9.97 Å². The maximum Gasteiger partial charge on any atom is 0.167 e. The molecule has 0 atom stereocenters. The third-order valence-corrected chi connectivity index (χ3v) is 4.39. The monoisotopic (exact) mass is 370 g/mol. The number of nitrogens with two attached hydrogens (primary N) is 1. The topological polar surface area (TPSA) is 102 Å². The van der Waals surface area contributed by atoms with Crippen LogP contribution in [0.1, 0.15) is 19.4 Å². The molecule has 1 saturated heterocycles. The first-order chi connectivity index (χ1) is 13.0. The molecule has 0 aromatic carbocycles. The molecular formula is C19H26N6O2. The number of rotatable bonds is 3. The average molecular weight is 370 g/mol. The summed E-state index contributed by atoms with van der Waals surface area (Å²) in [5, 5.41) is 16.0. The Balaban J connectivity index is 0.00000102. The van der Waals surface area contributed by atoms with E-state index in [1.165, 1.54) is 7.05 Å². The molecule has 0 saturated carbocycles. The SMILES string of the molecule is CC(C)(O)c1cc(N2CCOCC2)nc2c1cnn2-c1ccccn1.CN. The van der Waals surface area contributed by atoms with Crippen molar-refractivity contribution in [2.24, 2.45) is 5.73 Å². The van der Waals surface area contributed by atoms with E-state index in [0.29, 0.717) is 24.7 Å². The highest BCUT2D eigenvalue weighted by atomic mass is 16.5. The van der Waals surface area contributed by atoms with Gasteiger partial charge in [0.25, 0.3) is 0 Å². The quantitative estimate of drug-likeness (QED) is 0.719. The van der Waals surface area contributed by atoms with Gasteiger partial charge in [-0.05, 0) is 44.7 Å². The predicted molar refractivity (Wildman–Crippen MR) is 105 cm³/mol. The summed E-state index contributed by atoms with van der Waals surface area (Å²) in [6.45, 7) is 6.48.